The molecule has 1 aromatic heterocycles. The summed E-state index contributed by atoms with van der Waals surface area (Å²) in [4.78, 5) is 16.6. The van der Waals surface area contributed by atoms with Crippen molar-refractivity contribution in [1.82, 2.24) is 4.98 Å². The summed E-state index contributed by atoms with van der Waals surface area (Å²) in [6, 6.07) is 5.27. The molecule has 1 unspecified atom stereocenters. The van der Waals surface area contributed by atoms with Crippen LogP contribution in [0.3, 0.4) is 0 Å². The Labute approximate surface area is 122 Å². The smallest absolute Gasteiger partial charge is 0.335 e. The monoisotopic (exact) mass is 290 g/mol. The van der Waals surface area contributed by atoms with Crippen LogP contribution < -0.4 is 5.32 Å². The molecule has 2 rings (SSSR count). The van der Waals surface area contributed by atoms with Gasteiger partial charge in [-0.2, -0.15) is 0 Å². The molecular weight excluding hydrogens is 272 g/mol. The zero-order chi connectivity index (χ0) is 14.9. The number of hydrogen-bond donors (Lipinski definition) is 2. The van der Waals surface area contributed by atoms with E-state index < -0.39 is 5.97 Å². The van der Waals surface area contributed by atoms with Gasteiger partial charge in [-0.05, 0) is 51.5 Å². The van der Waals surface area contributed by atoms with E-state index in [0.717, 1.165) is 22.0 Å². The molecule has 5 heteroatoms. The third-order valence-electron chi connectivity index (χ3n) is 3.18. The van der Waals surface area contributed by atoms with E-state index in [2.05, 4.69) is 17.2 Å². The van der Waals surface area contributed by atoms with Crippen LogP contribution in [0.5, 0.6) is 0 Å². The molecule has 1 atom stereocenters. The Morgan fingerprint density at radius 2 is 2.05 bits per heavy atom. The fraction of sp³-hybridized carbons (Fsp3) is 0.333. The van der Waals surface area contributed by atoms with Crippen LogP contribution in [-0.4, -0.2) is 16.1 Å². The molecule has 1 heterocycles. The highest BCUT2D eigenvalue weighted by Crippen LogP contribution is 2.28. The van der Waals surface area contributed by atoms with Crippen molar-refractivity contribution in [1.29, 1.82) is 0 Å². The molecule has 0 radical (unpaired) electrons. The number of carboxylic acids is 1. The first-order chi connectivity index (χ1) is 9.38. The molecule has 20 heavy (non-hydrogen) atoms. The summed E-state index contributed by atoms with van der Waals surface area (Å²) in [6.45, 7) is 8.01. The van der Waals surface area contributed by atoms with Crippen LogP contribution >= 0.6 is 11.3 Å². The van der Waals surface area contributed by atoms with Gasteiger partial charge in [0.1, 0.15) is 0 Å². The van der Waals surface area contributed by atoms with Crippen LogP contribution in [0.2, 0.25) is 0 Å². The van der Waals surface area contributed by atoms with Crippen molar-refractivity contribution in [2.45, 2.75) is 33.7 Å². The minimum Gasteiger partial charge on any atom is -0.478 e. The number of nitrogens with one attached hydrogen (secondary N) is 1. The Bertz CT molecular complexity index is 649. The van der Waals surface area contributed by atoms with Gasteiger partial charge in [0.15, 0.2) is 0 Å². The van der Waals surface area contributed by atoms with Crippen LogP contribution in [0.4, 0.5) is 5.69 Å². The molecule has 0 aliphatic heterocycles. The molecule has 0 fully saturated rings. The van der Waals surface area contributed by atoms with Gasteiger partial charge in [-0.25, -0.2) is 9.78 Å². The molecule has 2 aromatic rings. The van der Waals surface area contributed by atoms with Gasteiger partial charge in [0, 0.05) is 10.6 Å². The highest BCUT2D eigenvalue weighted by atomic mass is 32.1. The van der Waals surface area contributed by atoms with E-state index in [9.17, 15) is 4.79 Å². The number of anilines is 1. The maximum absolute atomic E-state index is 10.9. The van der Waals surface area contributed by atoms with Gasteiger partial charge in [-0.15, -0.1) is 11.3 Å². The molecular formula is C15H18N2O2S. The minimum atomic E-state index is -0.901. The van der Waals surface area contributed by atoms with Crippen molar-refractivity contribution in [2.75, 3.05) is 5.32 Å². The van der Waals surface area contributed by atoms with Crippen molar-refractivity contribution < 1.29 is 9.90 Å². The Hall–Kier alpha value is -1.88. The summed E-state index contributed by atoms with van der Waals surface area (Å²) in [5.74, 6) is -0.901. The van der Waals surface area contributed by atoms with Crippen LogP contribution in [-0.2, 0) is 0 Å². The summed E-state index contributed by atoms with van der Waals surface area (Å²) in [7, 11) is 0. The third kappa shape index (κ3) is 2.99. The number of aryl methyl sites for hydroxylation is 3. The normalized spacial score (nSPS) is 12.2. The molecule has 2 N–H and O–H groups in total. The zero-order valence-electron chi connectivity index (χ0n) is 12.0. The van der Waals surface area contributed by atoms with Gasteiger partial charge < -0.3 is 10.4 Å². The SMILES string of the molecule is Cc1nc(C)c(C(C)Nc2ccc(C(=O)O)cc2C)s1. The largest absolute Gasteiger partial charge is 0.478 e. The maximum atomic E-state index is 10.9. The number of carbonyl (C=O) groups is 1. The molecule has 0 aliphatic carbocycles. The van der Waals surface area contributed by atoms with Crippen molar-refractivity contribution >= 4 is 23.0 Å². The third-order valence-corrected chi connectivity index (χ3v) is 4.43. The topological polar surface area (TPSA) is 62.2 Å². The van der Waals surface area contributed by atoms with E-state index in [4.69, 9.17) is 5.11 Å². The molecule has 0 spiro atoms. The summed E-state index contributed by atoms with van der Waals surface area (Å²) in [5.41, 5.74) is 3.24. The van der Waals surface area contributed by atoms with Gasteiger partial charge >= 0.3 is 5.97 Å². The quantitative estimate of drug-likeness (QED) is 0.895. The second-order valence-corrected chi connectivity index (χ2v) is 6.12. The van der Waals surface area contributed by atoms with Crippen LogP contribution in [0, 0.1) is 20.8 Å². The predicted molar refractivity (Wildman–Crippen MR) is 81.8 cm³/mol. The van der Waals surface area contributed by atoms with Gasteiger partial charge in [0.25, 0.3) is 0 Å². The lowest BCUT2D eigenvalue weighted by molar-refractivity contribution is 0.0697. The van der Waals surface area contributed by atoms with Crippen LogP contribution in [0.15, 0.2) is 18.2 Å². The number of thiazole rings is 1. The number of benzene rings is 1. The number of hydrogen-bond acceptors (Lipinski definition) is 4. The van der Waals surface area contributed by atoms with E-state index in [-0.39, 0.29) is 6.04 Å². The molecule has 106 valence electrons. The first kappa shape index (κ1) is 14.5. The van der Waals surface area contributed by atoms with Crippen molar-refractivity contribution in [2.24, 2.45) is 0 Å². The lowest BCUT2D eigenvalue weighted by Gasteiger charge is -2.16. The van der Waals surface area contributed by atoms with Crippen LogP contribution in [0.1, 0.15) is 44.5 Å². The first-order valence-corrected chi connectivity index (χ1v) is 7.24. The standard InChI is InChI=1S/C15H18N2O2S/c1-8-7-12(15(18)19)5-6-13(8)17-10(3)14-9(2)16-11(4)20-14/h5-7,10,17H,1-4H3,(H,18,19). The van der Waals surface area contributed by atoms with E-state index >= 15 is 0 Å². The highest BCUT2D eigenvalue weighted by molar-refractivity contribution is 7.11. The molecule has 0 saturated carbocycles. The Kier molecular flexibility index (Phi) is 4.09. The number of rotatable bonds is 4. The van der Waals surface area contributed by atoms with E-state index in [1.807, 2.05) is 26.8 Å². The van der Waals surface area contributed by atoms with Gasteiger partial charge in [-0.1, -0.05) is 0 Å². The average Bonchev–Trinajstić information content (AvgIpc) is 2.70. The minimum absolute atomic E-state index is 0.149. The fourth-order valence-corrected chi connectivity index (χ4v) is 3.14. The Morgan fingerprint density at radius 1 is 1.35 bits per heavy atom. The summed E-state index contributed by atoms with van der Waals surface area (Å²) < 4.78 is 0. The Balaban J connectivity index is 2.22. The molecule has 4 nitrogen and oxygen atoms in total. The predicted octanol–water partition coefficient (Wildman–Crippen LogP) is 3.94. The summed E-state index contributed by atoms with van der Waals surface area (Å²) in [6.07, 6.45) is 0. The number of carboxylic acid groups (broad SMARTS) is 1. The van der Waals surface area contributed by atoms with Crippen molar-refractivity contribution in [3.63, 3.8) is 0 Å². The summed E-state index contributed by atoms with van der Waals surface area (Å²) >= 11 is 1.69. The van der Waals surface area contributed by atoms with Crippen molar-refractivity contribution in [3.05, 3.63) is 44.9 Å². The molecule has 0 bridgehead atoms. The van der Waals surface area contributed by atoms with Gasteiger partial charge in [0.2, 0.25) is 0 Å². The van der Waals surface area contributed by atoms with E-state index in [1.165, 1.54) is 4.88 Å². The molecule has 0 saturated heterocycles. The van der Waals surface area contributed by atoms with E-state index in [1.54, 1.807) is 23.5 Å². The number of nitrogens with zero attached hydrogens (tertiary/aromatic N) is 1. The molecule has 0 aliphatic rings. The highest BCUT2D eigenvalue weighted by Gasteiger charge is 2.14. The van der Waals surface area contributed by atoms with Crippen LogP contribution in [0.25, 0.3) is 0 Å². The summed E-state index contributed by atoms with van der Waals surface area (Å²) in [5, 5.41) is 13.5. The van der Waals surface area contributed by atoms with Crippen molar-refractivity contribution in [3.8, 4) is 0 Å². The van der Waals surface area contributed by atoms with E-state index in [0.29, 0.717) is 5.56 Å². The number of aromatic nitrogens is 1. The fourth-order valence-electron chi connectivity index (χ4n) is 2.21. The molecule has 1 aromatic carbocycles. The van der Waals surface area contributed by atoms with Gasteiger partial charge in [0.05, 0.1) is 22.3 Å². The second kappa shape index (κ2) is 5.63. The average molecular weight is 290 g/mol. The molecule has 0 amide bonds. The zero-order valence-corrected chi connectivity index (χ0v) is 12.8. The van der Waals surface area contributed by atoms with Gasteiger partial charge in [-0.3, -0.25) is 0 Å². The first-order valence-electron chi connectivity index (χ1n) is 6.43. The lowest BCUT2D eigenvalue weighted by Crippen LogP contribution is -2.08. The lowest BCUT2D eigenvalue weighted by atomic mass is 10.1. The number of aromatic carboxylic acids is 1. The Morgan fingerprint density at radius 3 is 2.55 bits per heavy atom. The maximum Gasteiger partial charge on any atom is 0.335 e. The second-order valence-electron chi connectivity index (χ2n) is 4.88.